The summed E-state index contributed by atoms with van der Waals surface area (Å²) in [6.45, 7) is 0.766. The smallest absolute Gasteiger partial charge is 0.0437 e. The van der Waals surface area contributed by atoms with E-state index >= 15 is 0 Å². The Morgan fingerprint density at radius 1 is 1.53 bits per heavy atom. The molecule has 0 unspecified atom stereocenters. The minimum Gasteiger partial charge on any atom is -0.398 e. The van der Waals surface area contributed by atoms with Gasteiger partial charge >= 0.3 is 0 Å². The number of allylic oxidation sites excluding steroid dienone is 1. The second-order valence-electron chi connectivity index (χ2n) is 3.83. The van der Waals surface area contributed by atoms with Gasteiger partial charge in [-0.25, -0.2) is 0 Å². The topological polar surface area (TPSA) is 73.9 Å². The summed E-state index contributed by atoms with van der Waals surface area (Å²) in [6, 6.07) is 5.98. The van der Waals surface area contributed by atoms with Gasteiger partial charge in [0.1, 0.15) is 0 Å². The van der Waals surface area contributed by atoms with Gasteiger partial charge in [-0.1, -0.05) is 6.07 Å². The molecule has 88 valence electrons. The lowest BCUT2D eigenvalue weighted by Crippen LogP contribution is -2.12. The zero-order chi connectivity index (χ0) is 12.3. The summed E-state index contributed by atoms with van der Waals surface area (Å²) in [7, 11) is 1.82. The molecular weight excluding hydrogens is 212 g/mol. The lowest BCUT2D eigenvalue weighted by Gasteiger charge is -2.18. The van der Waals surface area contributed by atoms with Crippen molar-refractivity contribution in [3.8, 4) is 0 Å². The molecule has 5 N–H and O–H groups in total. The van der Waals surface area contributed by atoms with E-state index in [9.17, 15) is 0 Å². The van der Waals surface area contributed by atoms with Crippen LogP contribution in [-0.4, -0.2) is 19.8 Å². The fourth-order valence-corrected chi connectivity index (χ4v) is 1.86. The van der Waals surface area contributed by atoms with Gasteiger partial charge in [0.05, 0.1) is 0 Å². The largest absolute Gasteiger partial charge is 0.398 e. The third-order valence-electron chi connectivity index (χ3n) is 2.73. The molecule has 0 saturated carbocycles. The molecule has 1 aromatic carbocycles. The molecule has 4 heteroatoms. The maximum atomic E-state index is 7.40. The van der Waals surface area contributed by atoms with Gasteiger partial charge in [-0.15, -0.1) is 0 Å². The molecule has 0 atom stereocenters. The van der Waals surface area contributed by atoms with E-state index in [2.05, 4.69) is 10.6 Å². The quantitative estimate of drug-likeness (QED) is 0.594. The molecule has 2 rings (SSSR count). The first kappa shape index (κ1) is 11.3. The van der Waals surface area contributed by atoms with E-state index in [1.807, 2.05) is 31.3 Å². The normalized spacial score (nSPS) is 14.4. The van der Waals surface area contributed by atoms with Crippen molar-refractivity contribution in [2.24, 2.45) is 5.73 Å². The summed E-state index contributed by atoms with van der Waals surface area (Å²) < 4.78 is 0. The number of benzene rings is 1. The Morgan fingerprint density at radius 2 is 2.35 bits per heavy atom. The van der Waals surface area contributed by atoms with E-state index in [1.165, 1.54) is 6.21 Å². The van der Waals surface area contributed by atoms with Crippen LogP contribution in [0.5, 0.6) is 0 Å². The summed E-state index contributed by atoms with van der Waals surface area (Å²) in [5.74, 6) is 0. The van der Waals surface area contributed by atoms with E-state index in [1.54, 1.807) is 6.20 Å². The Labute approximate surface area is 101 Å². The van der Waals surface area contributed by atoms with Crippen molar-refractivity contribution < 1.29 is 0 Å². The van der Waals surface area contributed by atoms with Crippen molar-refractivity contribution in [1.29, 1.82) is 5.41 Å². The predicted molar refractivity (Wildman–Crippen MR) is 72.9 cm³/mol. The summed E-state index contributed by atoms with van der Waals surface area (Å²) >= 11 is 0. The number of fused-ring (bicyclic) bond motifs is 1. The molecule has 0 aromatic heterocycles. The molecule has 0 spiro atoms. The van der Waals surface area contributed by atoms with Gasteiger partial charge in [-0.2, -0.15) is 0 Å². The molecule has 0 aliphatic carbocycles. The average Bonchev–Trinajstić information content (AvgIpc) is 2.36. The van der Waals surface area contributed by atoms with Gasteiger partial charge < -0.3 is 21.8 Å². The van der Waals surface area contributed by atoms with Crippen molar-refractivity contribution in [2.75, 3.05) is 18.9 Å². The highest BCUT2D eigenvalue weighted by molar-refractivity contribution is 6.08. The van der Waals surface area contributed by atoms with Crippen LogP contribution in [-0.2, 0) is 0 Å². The Kier molecular flexibility index (Phi) is 3.14. The second kappa shape index (κ2) is 4.74. The molecule has 4 nitrogen and oxygen atoms in total. The standard InChI is InChI=1S/C13H16N4/c1-16-8-10(7-14)9-2-3-13-11(6-9)12(15)4-5-17-13/h2-4,6-8,14,16-17H,5,15H2,1H3/b10-8+,14-7?. The lowest BCUT2D eigenvalue weighted by molar-refractivity contribution is 1.11. The highest BCUT2D eigenvalue weighted by atomic mass is 14.9. The lowest BCUT2D eigenvalue weighted by atomic mass is 9.99. The van der Waals surface area contributed by atoms with Gasteiger partial charge in [0.25, 0.3) is 0 Å². The van der Waals surface area contributed by atoms with Crippen LogP contribution in [0.2, 0.25) is 0 Å². The third kappa shape index (κ3) is 2.15. The van der Waals surface area contributed by atoms with Crippen molar-refractivity contribution in [1.82, 2.24) is 5.32 Å². The number of anilines is 1. The van der Waals surface area contributed by atoms with Gasteiger partial charge in [0, 0.05) is 48.5 Å². The Balaban J connectivity index is 2.46. The SMILES string of the molecule is CN/C=C(\C=N)c1ccc2c(c1)C(N)=CCN2. The average molecular weight is 228 g/mol. The van der Waals surface area contributed by atoms with Crippen LogP contribution in [0.1, 0.15) is 11.1 Å². The molecule has 0 saturated heterocycles. The number of rotatable bonds is 3. The zero-order valence-electron chi connectivity index (χ0n) is 9.75. The molecule has 1 heterocycles. The van der Waals surface area contributed by atoms with E-state index < -0.39 is 0 Å². The van der Waals surface area contributed by atoms with E-state index in [0.717, 1.165) is 34.6 Å². The van der Waals surface area contributed by atoms with Gasteiger partial charge in [0.2, 0.25) is 0 Å². The van der Waals surface area contributed by atoms with Crippen molar-refractivity contribution in [2.45, 2.75) is 0 Å². The van der Waals surface area contributed by atoms with Crippen LogP contribution < -0.4 is 16.4 Å². The van der Waals surface area contributed by atoms with Crippen LogP contribution in [0.15, 0.2) is 30.5 Å². The number of hydrogen-bond acceptors (Lipinski definition) is 4. The monoisotopic (exact) mass is 228 g/mol. The van der Waals surface area contributed by atoms with E-state index in [4.69, 9.17) is 11.1 Å². The van der Waals surface area contributed by atoms with Crippen LogP contribution in [0, 0.1) is 5.41 Å². The summed E-state index contributed by atoms with van der Waals surface area (Å²) in [4.78, 5) is 0. The minimum atomic E-state index is 0.766. The first-order valence-corrected chi connectivity index (χ1v) is 5.48. The third-order valence-corrected chi connectivity index (χ3v) is 2.73. The highest BCUT2D eigenvalue weighted by Crippen LogP contribution is 2.27. The number of hydrogen-bond donors (Lipinski definition) is 4. The van der Waals surface area contributed by atoms with Gasteiger partial charge in [0.15, 0.2) is 0 Å². The van der Waals surface area contributed by atoms with E-state index in [0.29, 0.717) is 0 Å². The first-order valence-electron chi connectivity index (χ1n) is 5.48. The minimum absolute atomic E-state index is 0.766. The number of nitrogens with two attached hydrogens (primary N) is 1. The molecule has 1 aliphatic heterocycles. The molecule has 0 radical (unpaired) electrons. The Morgan fingerprint density at radius 3 is 3.06 bits per heavy atom. The molecule has 1 aromatic rings. The maximum Gasteiger partial charge on any atom is 0.0437 e. The molecule has 0 amide bonds. The Hall–Kier alpha value is -2.23. The number of nitrogens with one attached hydrogen (secondary N) is 3. The zero-order valence-corrected chi connectivity index (χ0v) is 9.75. The summed E-state index contributed by atoms with van der Waals surface area (Å²) in [5, 5.41) is 13.6. The van der Waals surface area contributed by atoms with Crippen molar-refractivity contribution in [3.63, 3.8) is 0 Å². The molecule has 0 bridgehead atoms. The van der Waals surface area contributed by atoms with Gasteiger partial charge in [-0.3, -0.25) is 0 Å². The Bertz CT molecular complexity index is 500. The fraction of sp³-hybridized carbons (Fsp3) is 0.154. The molecular formula is C13H16N4. The van der Waals surface area contributed by atoms with Crippen LogP contribution >= 0.6 is 0 Å². The van der Waals surface area contributed by atoms with Crippen LogP contribution in [0.4, 0.5) is 5.69 Å². The predicted octanol–water partition coefficient (Wildman–Crippen LogP) is 1.62. The molecule has 1 aliphatic rings. The van der Waals surface area contributed by atoms with E-state index in [-0.39, 0.29) is 0 Å². The summed E-state index contributed by atoms with van der Waals surface area (Å²) in [6.07, 6.45) is 5.08. The van der Waals surface area contributed by atoms with Crippen molar-refractivity contribution in [3.05, 3.63) is 41.6 Å². The fourth-order valence-electron chi connectivity index (χ4n) is 1.86. The van der Waals surface area contributed by atoms with Crippen molar-refractivity contribution >= 4 is 23.2 Å². The van der Waals surface area contributed by atoms with Crippen LogP contribution in [0.3, 0.4) is 0 Å². The molecule has 17 heavy (non-hydrogen) atoms. The van der Waals surface area contributed by atoms with Gasteiger partial charge in [-0.05, 0) is 23.8 Å². The second-order valence-corrected chi connectivity index (χ2v) is 3.83. The first-order chi connectivity index (χ1) is 8.26. The maximum absolute atomic E-state index is 7.40. The summed E-state index contributed by atoms with van der Waals surface area (Å²) in [5.41, 5.74) is 10.6. The van der Waals surface area contributed by atoms with Crippen LogP contribution in [0.25, 0.3) is 11.3 Å². The molecule has 0 fully saturated rings. The highest BCUT2D eigenvalue weighted by Gasteiger charge is 2.11.